The summed E-state index contributed by atoms with van der Waals surface area (Å²) in [4.78, 5) is 13.8. The van der Waals surface area contributed by atoms with Crippen molar-refractivity contribution in [1.29, 1.82) is 0 Å². The molecule has 5 heteroatoms. The molecule has 1 saturated heterocycles. The van der Waals surface area contributed by atoms with E-state index in [4.69, 9.17) is 0 Å². The summed E-state index contributed by atoms with van der Waals surface area (Å²) in [6.45, 7) is 4.58. The van der Waals surface area contributed by atoms with Crippen LogP contribution in [0, 0.1) is 5.82 Å². The highest BCUT2D eigenvalue weighted by Crippen LogP contribution is 2.40. The second-order valence-electron chi connectivity index (χ2n) is 5.73. The zero-order chi connectivity index (χ0) is 15.6. The molecule has 0 saturated carbocycles. The maximum absolute atomic E-state index is 14.2. The summed E-state index contributed by atoms with van der Waals surface area (Å²) in [6.07, 6.45) is 2.89. The van der Waals surface area contributed by atoms with Crippen LogP contribution in [0.4, 0.5) is 4.39 Å². The molecule has 0 aliphatic carbocycles. The smallest absolute Gasteiger partial charge is 0.324 e. The first-order valence-corrected chi connectivity index (χ1v) is 8.16. The summed E-state index contributed by atoms with van der Waals surface area (Å²) >= 11 is 3.25. The molecule has 0 aromatic heterocycles. The lowest BCUT2D eigenvalue weighted by molar-refractivity contribution is -0.151. The number of carboxylic acid groups (broad SMARTS) is 1. The Morgan fingerprint density at radius 2 is 2.29 bits per heavy atom. The molecule has 0 radical (unpaired) electrons. The van der Waals surface area contributed by atoms with Crippen molar-refractivity contribution in [3.05, 3.63) is 34.1 Å². The quantitative estimate of drug-likeness (QED) is 0.850. The minimum absolute atomic E-state index is 0.247. The topological polar surface area (TPSA) is 40.5 Å². The Bertz CT molecular complexity index is 537. The van der Waals surface area contributed by atoms with E-state index in [9.17, 15) is 14.3 Å². The Morgan fingerprint density at radius 1 is 1.57 bits per heavy atom. The number of rotatable bonds is 5. The van der Waals surface area contributed by atoms with Gasteiger partial charge in [0.2, 0.25) is 0 Å². The Morgan fingerprint density at radius 3 is 2.86 bits per heavy atom. The van der Waals surface area contributed by atoms with Gasteiger partial charge in [-0.05, 0) is 44.9 Å². The van der Waals surface area contributed by atoms with Gasteiger partial charge in [-0.1, -0.05) is 35.3 Å². The zero-order valence-corrected chi connectivity index (χ0v) is 14.0. The number of likely N-dealkylation sites (tertiary alicyclic amines) is 1. The summed E-state index contributed by atoms with van der Waals surface area (Å²) < 4.78 is 14.9. The average Bonchev–Trinajstić information content (AvgIpc) is 2.83. The number of carboxylic acids is 1. The molecule has 0 amide bonds. The molecule has 3 nitrogen and oxygen atoms in total. The predicted molar refractivity (Wildman–Crippen MR) is 83.7 cm³/mol. The molecular weight excluding hydrogens is 337 g/mol. The van der Waals surface area contributed by atoms with Crippen LogP contribution in [0.15, 0.2) is 22.7 Å². The lowest BCUT2D eigenvalue weighted by Gasteiger charge is -2.39. The van der Waals surface area contributed by atoms with E-state index in [1.807, 2.05) is 18.7 Å². The van der Waals surface area contributed by atoms with E-state index in [-0.39, 0.29) is 11.9 Å². The van der Waals surface area contributed by atoms with Crippen LogP contribution in [0.3, 0.4) is 0 Å². The number of hydrogen-bond acceptors (Lipinski definition) is 2. The Kier molecular flexibility index (Phi) is 5.04. The Balaban J connectivity index is 2.36. The minimum atomic E-state index is -0.853. The highest BCUT2D eigenvalue weighted by atomic mass is 79.9. The highest BCUT2D eigenvalue weighted by Gasteiger charge is 2.49. The van der Waals surface area contributed by atoms with Crippen LogP contribution in [0.25, 0.3) is 0 Å². The van der Waals surface area contributed by atoms with Crippen molar-refractivity contribution in [2.45, 2.75) is 51.1 Å². The van der Waals surface area contributed by atoms with E-state index in [0.29, 0.717) is 29.4 Å². The summed E-state index contributed by atoms with van der Waals surface area (Å²) in [7, 11) is 0. The third-order valence-electron chi connectivity index (χ3n) is 4.48. The van der Waals surface area contributed by atoms with Gasteiger partial charge in [0.1, 0.15) is 11.4 Å². The average molecular weight is 358 g/mol. The van der Waals surface area contributed by atoms with E-state index in [1.165, 1.54) is 6.07 Å². The maximum atomic E-state index is 14.2. The van der Waals surface area contributed by atoms with Gasteiger partial charge in [0, 0.05) is 16.1 Å². The second kappa shape index (κ2) is 6.44. The molecule has 1 aromatic carbocycles. The number of aliphatic carboxylic acids is 1. The molecule has 1 aromatic rings. The fourth-order valence-corrected chi connectivity index (χ4v) is 3.82. The zero-order valence-electron chi connectivity index (χ0n) is 12.4. The first-order valence-electron chi connectivity index (χ1n) is 7.37. The van der Waals surface area contributed by atoms with Gasteiger partial charge >= 0.3 is 5.97 Å². The number of nitrogens with zero attached hydrogens (tertiary/aromatic N) is 1. The molecule has 1 fully saturated rings. The van der Waals surface area contributed by atoms with Gasteiger partial charge in [-0.15, -0.1) is 0 Å². The van der Waals surface area contributed by atoms with E-state index >= 15 is 0 Å². The van der Waals surface area contributed by atoms with Gasteiger partial charge in [0.05, 0.1) is 0 Å². The SMILES string of the molecule is CCCC1(C(=O)O)CCCN1C(C)c1ccc(Br)cc1F. The fraction of sp³-hybridized carbons (Fsp3) is 0.562. The molecular formula is C16H21BrFNO2. The van der Waals surface area contributed by atoms with Crippen LogP contribution >= 0.6 is 15.9 Å². The Hall–Kier alpha value is -0.940. The molecule has 1 heterocycles. The predicted octanol–water partition coefficient (Wildman–Crippen LogP) is 4.37. The number of carbonyl (C=O) groups is 1. The number of benzene rings is 1. The van der Waals surface area contributed by atoms with E-state index in [0.717, 1.165) is 12.8 Å². The van der Waals surface area contributed by atoms with E-state index < -0.39 is 11.5 Å². The molecule has 2 rings (SSSR count). The summed E-state index contributed by atoms with van der Waals surface area (Å²) in [5.41, 5.74) is -0.296. The van der Waals surface area contributed by atoms with Crippen LogP contribution in [0.2, 0.25) is 0 Å². The van der Waals surface area contributed by atoms with Gasteiger partial charge in [-0.3, -0.25) is 9.69 Å². The van der Waals surface area contributed by atoms with Crippen molar-refractivity contribution < 1.29 is 14.3 Å². The highest BCUT2D eigenvalue weighted by molar-refractivity contribution is 9.10. The van der Waals surface area contributed by atoms with E-state index in [1.54, 1.807) is 12.1 Å². The van der Waals surface area contributed by atoms with Crippen molar-refractivity contribution in [2.24, 2.45) is 0 Å². The monoisotopic (exact) mass is 357 g/mol. The summed E-state index contributed by atoms with van der Waals surface area (Å²) in [5.74, 6) is -1.08. The molecule has 21 heavy (non-hydrogen) atoms. The normalized spacial score (nSPS) is 24.2. The van der Waals surface area contributed by atoms with Crippen molar-refractivity contribution in [2.75, 3.05) is 6.54 Å². The second-order valence-corrected chi connectivity index (χ2v) is 6.64. The number of halogens is 2. The third-order valence-corrected chi connectivity index (χ3v) is 4.97. The van der Waals surface area contributed by atoms with Crippen molar-refractivity contribution >= 4 is 21.9 Å². The summed E-state index contributed by atoms with van der Waals surface area (Å²) in [6, 6.07) is 4.72. The molecule has 2 atom stereocenters. The molecule has 2 unspecified atom stereocenters. The summed E-state index contributed by atoms with van der Waals surface area (Å²) in [5, 5.41) is 9.73. The third kappa shape index (κ3) is 2.99. The van der Waals surface area contributed by atoms with Crippen LogP contribution < -0.4 is 0 Å². The van der Waals surface area contributed by atoms with Crippen LogP contribution in [0.1, 0.15) is 51.1 Å². The van der Waals surface area contributed by atoms with Crippen molar-refractivity contribution in [1.82, 2.24) is 4.90 Å². The van der Waals surface area contributed by atoms with Crippen LogP contribution in [-0.4, -0.2) is 28.1 Å². The molecule has 1 aliphatic heterocycles. The van der Waals surface area contributed by atoms with Gasteiger partial charge in [0.15, 0.2) is 0 Å². The van der Waals surface area contributed by atoms with Crippen molar-refractivity contribution in [3.8, 4) is 0 Å². The Labute approximate surface area is 133 Å². The number of hydrogen-bond donors (Lipinski definition) is 1. The molecule has 0 bridgehead atoms. The maximum Gasteiger partial charge on any atom is 0.324 e. The van der Waals surface area contributed by atoms with E-state index in [2.05, 4.69) is 15.9 Å². The largest absolute Gasteiger partial charge is 0.480 e. The molecule has 0 spiro atoms. The van der Waals surface area contributed by atoms with Gasteiger partial charge in [-0.25, -0.2) is 4.39 Å². The fourth-order valence-electron chi connectivity index (χ4n) is 3.49. The van der Waals surface area contributed by atoms with Gasteiger partial charge in [-0.2, -0.15) is 0 Å². The molecule has 1 N–H and O–H groups in total. The first-order chi connectivity index (χ1) is 9.92. The first kappa shape index (κ1) is 16.4. The minimum Gasteiger partial charge on any atom is -0.480 e. The lowest BCUT2D eigenvalue weighted by atomic mass is 9.89. The molecule has 1 aliphatic rings. The van der Waals surface area contributed by atoms with Crippen molar-refractivity contribution in [3.63, 3.8) is 0 Å². The van der Waals surface area contributed by atoms with Crippen LogP contribution in [0.5, 0.6) is 0 Å². The lowest BCUT2D eigenvalue weighted by Crippen LogP contribution is -2.51. The molecule has 116 valence electrons. The van der Waals surface area contributed by atoms with Gasteiger partial charge < -0.3 is 5.11 Å². The van der Waals surface area contributed by atoms with Crippen LogP contribution in [-0.2, 0) is 4.79 Å². The standard InChI is InChI=1S/C16H21BrFNO2/c1-3-7-16(15(20)21)8-4-9-19(16)11(2)13-6-5-12(17)10-14(13)18/h5-6,10-11H,3-4,7-9H2,1-2H3,(H,20,21). The van der Waals surface area contributed by atoms with Gasteiger partial charge in [0.25, 0.3) is 0 Å².